The summed E-state index contributed by atoms with van der Waals surface area (Å²) in [6.45, 7) is 6.03. The first-order chi connectivity index (χ1) is 8.55. The molecule has 1 heterocycles. The van der Waals surface area contributed by atoms with E-state index in [-0.39, 0.29) is 5.60 Å². The molecule has 1 aliphatic heterocycles. The van der Waals surface area contributed by atoms with Crippen molar-refractivity contribution in [3.63, 3.8) is 0 Å². The van der Waals surface area contributed by atoms with Crippen LogP contribution in [0.3, 0.4) is 0 Å². The molecule has 0 bridgehead atoms. The highest BCUT2D eigenvalue weighted by Gasteiger charge is 2.35. The molecule has 0 aromatic heterocycles. The van der Waals surface area contributed by atoms with Crippen LogP contribution in [0.25, 0.3) is 0 Å². The lowest BCUT2D eigenvalue weighted by Gasteiger charge is -2.38. The Morgan fingerprint density at radius 2 is 2.06 bits per heavy atom. The average molecular weight is 270 g/mol. The van der Waals surface area contributed by atoms with Crippen molar-refractivity contribution >= 4 is 16.9 Å². The number of nitrogens with one attached hydrogen (secondary N) is 1. The van der Waals surface area contributed by atoms with Crippen LogP contribution in [-0.2, 0) is 4.74 Å². The van der Waals surface area contributed by atoms with Crippen LogP contribution >= 0.6 is 11.8 Å². The van der Waals surface area contributed by atoms with E-state index in [1.165, 1.54) is 37.9 Å². The minimum atomic E-state index is -0.122. The van der Waals surface area contributed by atoms with E-state index in [1.807, 2.05) is 11.8 Å². The van der Waals surface area contributed by atoms with E-state index < -0.39 is 0 Å². The van der Waals surface area contributed by atoms with Gasteiger partial charge in [0.25, 0.3) is 0 Å². The van der Waals surface area contributed by atoms with Gasteiger partial charge in [0.15, 0.2) is 5.17 Å². The van der Waals surface area contributed by atoms with E-state index in [1.54, 1.807) is 7.11 Å². The Bertz CT molecular complexity index is 309. The van der Waals surface area contributed by atoms with Gasteiger partial charge in [-0.05, 0) is 32.1 Å². The van der Waals surface area contributed by atoms with Gasteiger partial charge in [0.05, 0.1) is 5.60 Å². The van der Waals surface area contributed by atoms with Crippen LogP contribution < -0.4 is 5.32 Å². The molecule has 2 aliphatic rings. The third-order valence-electron chi connectivity index (χ3n) is 4.21. The molecule has 0 radical (unpaired) electrons. The van der Waals surface area contributed by atoms with Gasteiger partial charge in [-0.25, -0.2) is 0 Å². The van der Waals surface area contributed by atoms with E-state index in [4.69, 9.17) is 9.73 Å². The van der Waals surface area contributed by atoms with Gasteiger partial charge in [-0.1, -0.05) is 31.0 Å². The Morgan fingerprint density at radius 3 is 2.61 bits per heavy atom. The van der Waals surface area contributed by atoms with Crippen molar-refractivity contribution in [2.75, 3.05) is 26.0 Å². The monoisotopic (exact) mass is 270 g/mol. The van der Waals surface area contributed by atoms with Gasteiger partial charge in [-0.2, -0.15) is 0 Å². The summed E-state index contributed by atoms with van der Waals surface area (Å²) in [5, 5.41) is 4.53. The highest BCUT2D eigenvalue weighted by atomic mass is 32.2. The topological polar surface area (TPSA) is 33.6 Å². The summed E-state index contributed by atoms with van der Waals surface area (Å²) < 4.78 is 5.41. The Hall–Kier alpha value is -0.220. The zero-order valence-corrected chi connectivity index (χ0v) is 12.7. The minimum Gasteiger partial charge on any atom is -0.377 e. The maximum atomic E-state index is 5.41. The number of aliphatic imine (C=N–C) groups is 1. The summed E-state index contributed by atoms with van der Waals surface area (Å²) in [5.41, 5.74) is 0.397. The first-order valence-electron chi connectivity index (χ1n) is 7.02. The van der Waals surface area contributed by atoms with Crippen molar-refractivity contribution in [1.82, 2.24) is 5.32 Å². The van der Waals surface area contributed by atoms with Crippen LogP contribution in [0.15, 0.2) is 4.99 Å². The van der Waals surface area contributed by atoms with Crippen molar-refractivity contribution in [3.05, 3.63) is 0 Å². The largest absolute Gasteiger partial charge is 0.377 e. The van der Waals surface area contributed by atoms with Crippen LogP contribution in [0.4, 0.5) is 0 Å². The molecule has 0 amide bonds. The third-order valence-corrected chi connectivity index (χ3v) is 5.51. The molecular weight excluding hydrogens is 244 g/mol. The molecule has 1 aliphatic carbocycles. The fourth-order valence-corrected chi connectivity index (χ4v) is 3.78. The van der Waals surface area contributed by atoms with Gasteiger partial charge in [0.1, 0.15) is 0 Å². The highest BCUT2D eigenvalue weighted by molar-refractivity contribution is 8.13. The number of methoxy groups -OCH3 is 1. The van der Waals surface area contributed by atoms with Gasteiger partial charge >= 0.3 is 0 Å². The number of nitrogens with zero attached hydrogens (tertiary/aromatic N) is 1. The molecule has 0 atom stereocenters. The van der Waals surface area contributed by atoms with Gasteiger partial charge < -0.3 is 10.1 Å². The zero-order valence-electron chi connectivity index (χ0n) is 11.9. The van der Waals surface area contributed by atoms with Crippen LogP contribution in [-0.4, -0.2) is 36.7 Å². The molecule has 0 aromatic carbocycles. The second-order valence-electron chi connectivity index (χ2n) is 6.29. The number of hydrogen-bond donors (Lipinski definition) is 1. The normalized spacial score (nSPS) is 23.8. The fraction of sp³-hybridized carbons (Fsp3) is 0.929. The SMILES string of the molecule is COC(C)(C)CNC1=NCC2(CCCCC2)CS1. The van der Waals surface area contributed by atoms with E-state index in [9.17, 15) is 0 Å². The number of rotatable bonds is 3. The molecule has 1 N–H and O–H groups in total. The number of ether oxygens (including phenoxy) is 1. The molecule has 0 unspecified atom stereocenters. The van der Waals surface area contributed by atoms with Crippen LogP contribution in [0.1, 0.15) is 46.0 Å². The number of amidine groups is 1. The van der Waals surface area contributed by atoms with Gasteiger partial charge in [-0.3, -0.25) is 4.99 Å². The average Bonchev–Trinajstić information content (AvgIpc) is 2.39. The second-order valence-corrected chi connectivity index (χ2v) is 7.25. The van der Waals surface area contributed by atoms with Crippen molar-refractivity contribution in [2.24, 2.45) is 10.4 Å². The van der Waals surface area contributed by atoms with E-state index >= 15 is 0 Å². The van der Waals surface area contributed by atoms with Crippen molar-refractivity contribution in [1.29, 1.82) is 0 Å². The lowest BCUT2D eigenvalue weighted by atomic mass is 9.75. The molecule has 4 heteroatoms. The predicted octanol–water partition coefficient (Wildman–Crippen LogP) is 3.05. The summed E-state index contributed by atoms with van der Waals surface area (Å²) in [7, 11) is 1.76. The Kier molecular flexibility index (Phi) is 4.59. The van der Waals surface area contributed by atoms with Crippen LogP contribution in [0.2, 0.25) is 0 Å². The van der Waals surface area contributed by atoms with E-state index in [2.05, 4.69) is 19.2 Å². The molecule has 1 saturated carbocycles. The quantitative estimate of drug-likeness (QED) is 0.856. The second kappa shape index (κ2) is 5.83. The van der Waals surface area contributed by atoms with Gasteiger partial charge in [0.2, 0.25) is 0 Å². The smallest absolute Gasteiger partial charge is 0.156 e. The molecule has 1 fully saturated rings. The van der Waals surface area contributed by atoms with Crippen LogP contribution in [0.5, 0.6) is 0 Å². The summed E-state index contributed by atoms with van der Waals surface area (Å²) in [6.07, 6.45) is 6.97. The third kappa shape index (κ3) is 3.64. The van der Waals surface area contributed by atoms with E-state index in [0.29, 0.717) is 5.41 Å². The molecule has 0 saturated heterocycles. The Balaban J connectivity index is 1.83. The first-order valence-corrected chi connectivity index (χ1v) is 8.00. The maximum absolute atomic E-state index is 5.41. The first kappa shape index (κ1) is 14.2. The summed E-state index contributed by atoms with van der Waals surface area (Å²) in [6, 6.07) is 0. The Labute approximate surface area is 115 Å². The maximum Gasteiger partial charge on any atom is 0.156 e. The molecule has 18 heavy (non-hydrogen) atoms. The van der Waals surface area contributed by atoms with Gasteiger partial charge in [-0.15, -0.1) is 0 Å². The standard InChI is InChI=1S/C14H26N2OS/c1-13(2,17-3)9-15-12-16-10-14(11-18-12)7-5-4-6-8-14/h4-11H2,1-3H3,(H,15,16). The molecule has 0 aromatic rings. The Morgan fingerprint density at radius 1 is 1.33 bits per heavy atom. The lowest BCUT2D eigenvalue weighted by Crippen LogP contribution is -2.42. The number of thioether (sulfide) groups is 1. The van der Waals surface area contributed by atoms with Gasteiger partial charge in [0, 0.05) is 26.0 Å². The molecular formula is C14H26N2OS. The van der Waals surface area contributed by atoms with Crippen molar-refractivity contribution in [3.8, 4) is 0 Å². The van der Waals surface area contributed by atoms with E-state index in [0.717, 1.165) is 18.3 Å². The summed E-state index contributed by atoms with van der Waals surface area (Å²) >= 11 is 1.90. The molecule has 2 rings (SSSR count). The molecule has 1 spiro atoms. The molecule has 3 nitrogen and oxygen atoms in total. The predicted molar refractivity (Wildman–Crippen MR) is 79.4 cm³/mol. The fourth-order valence-electron chi connectivity index (χ4n) is 2.62. The highest BCUT2D eigenvalue weighted by Crippen LogP contribution is 2.41. The summed E-state index contributed by atoms with van der Waals surface area (Å²) in [5.74, 6) is 1.24. The molecule has 104 valence electrons. The van der Waals surface area contributed by atoms with Crippen molar-refractivity contribution < 1.29 is 4.74 Å². The number of hydrogen-bond acceptors (Lipinski definition) is 4. The minimum absolute atomic E-state index is 0.122. The van der Waals surface area contributed by atoms with Crippen LogP contribution in [0, 0.1) is 5.41 Å². The van der Waals surface area contributed by atoms with Crippen molar-refractivity contribution in [2.45, 2.75) is 51.6 Å². The lowest BCUT2D eigenvalue weighted by molar-refractivity contribution is 0.0271. The summed E-state index contributed by atoms with van der Waals surface area (Å²) in [4.78, 5) is 4.76. The zero-order chi connectivity index (χ0) is 13.1.